The van der Waals surface area contributed by atoms with E-state index in [4.69, 9.17) is 6.42 Å². The monoisotopic (exact) mass is 176 g/mol. The fraction of sp³-hybridized carbons (Fsp3) is 0.583. The molecule has 13 heavy (non-hydrogen) atoms. The van der Waals surface area contributed by atoms with Crippen molar-refractivity contribution in [2.24, 2.45) is 5.92 Å². The van der Waals surface area contributed by atoms with E-state index in [9.17, 15) is 4.79 Å². The summed E-state index contributed by atoms with van der Waals surface area (Å²) in [5, 5.41) is 0. The highest BCUT2D eigenvalue weighted by molar-refractivity contribution is 5.95. The molecule has 1 heteroatoms. The van der Waals surface area contributed by atoms with Crippen molar-refractivity contribution in [3.05, 3.63) is 12.2 Å². The molecule has 0 N–H and O–H groups in total. The van der Waals surface area contributed by atoms with Gasteiger partial charge in [-0.1, -0.05) is 32.3 Å². The van der Waals surface area contributed by atoms with Crippen LogP contribution in [0.2, 0.25) is 0 Å². The van der Waals surface area contributed by atoms with Crippen molar-refractivity contribution >= 4 is 5.78 Å². The summed E-state index contributed by atoms with van der Waals surface area (Å²) in [5.74, 6) is 3.22. The lowest BCUT2D eigenvalue weighted by Crippen LogP contribution is -2.07. The van der Waals surface area contributed by atoms with E-state index in [0.29, 0.717) is 24.3 Å². The minimum atomic E-state index is 0.171. The van der Waals surface area contributed by atoms with Crippen molar-refractivity contribution in [1.29, 1.82) is 0 Å². The molecule has 0 bridgehead atoms. The van der Waals surface area contributed by atoms with E-state index in [1.54, 1.807) is 0 Å². The van der Waals surface area contributed by atoms with E-state index in [1.165, 1.54) is 25.7 Å². The lowest BCUT2D eigenvalue weighted by Gasteiger charge is -2.07. The lowest BCUT2D eigenvalue weighted by atomic mass is 9.96. The molecular weight excluding hydrogens is 160 g/mol. The highest BCUT2D eigenvalue weighted by Gasteiger charge is 2.19. The zero-order valence-corrected chi connectivity index (χ0v) is 8.01. The topological polar surface area (TPSA) is 17.1 Å². The van der Waals surface area contributed by atoms with Crippen molar-refractivity contribution in [3.63, 3.8) is 0 Å². The Bertz CT molecular complexity index is 238. The first kappa shape index (κ1) is 10.1. The van der Waals surface area contributed by atoms with Gasteiger partial charge in [0.05, 0.1) is 0 Å². The van der Waals surface area contributed by atoms with Gasteiger partial charge < -0.3 is 0 Å². The summed E-state index contributed by atoms with van der Waals surface area (Å²) in [6.07, 6.45) is 11.1. The van der Waals surface area contributed by atoms with E-state index in [0.717, 1.165) is 0 Å². The summed E-state index contributed by atoms with van der Waals surface area (Å²) in [7, 11) is 0. The van der Waals surface area contributed by atoms with Crippen LogP contribution in [0, 0.1) is 18.3 Å². The zero-order valence-electron chi connectivity index (χ0n) is 8.01. The Morgan fingerprint density at radius 2 is 2.08 bits per heavy atom. The van der Waals surface area contributed by atoms with E-state index in [2.05, 4.69) is 12.5 Å². The Balaban J connectivity index is 2.32. The third kappa shape index (κ3) is 3.06. The van der Waals surface area contributed by atoms with Gasteiger partial charge in [-0.05, 0) is 11.5 Å². The predicted octanol–water partition coefficient (Wildman–Crippen LogP) is 2.72. The molecule has 1 fully saturated rings. The third-order valence-corrected chi connectivity index (χ3v) is 2.66. The van der Waals surface area contributed by atoms with Crippen LogP contribution < -0.4 is 0 Å². The second kappa shape index (κ2) is 4.87. The minimum Gasteiger partial charge on any atom is -0.295 e. The van der Waals surface area contributed by atoms with Gasteiger partial charge in [0.2, 0.25) is 0 Å². The number of allylic oxidation sites excluding steroid dienone is 1. The average molecular weight is 176 g/mol. The maximum Gasteiger partial charge on any atom is 0.159 e. The van der Waals surface area contributed by atoms with Gasteiger partial charge in [0.15, 0.2) is 5.78 Å². The van der Waals surface area contributed by atoms with Crippen LogP contribution in [-0.2, 0) is 4.79 Å². The van der Waals surface area contributed by atoms with Gasteiger partial charge in [-0.15, -0.1) is 12.3 Å². The molecule has 0 radical (unpaired) electrons. The molecule has 0 amide bonds. The number of hydrogen-bond donors (Lipinski definition) is 0. The highest BCUT2D eigenvalue weighted by Crippen LogP contribution is 2.28. The van der Waals surface area contributed by atoms with Crippen LogP contribution in [0.3, 0.4) is 0 Å². The normalized spacial score (nSPS) is 16.8. The standard InChI is InChI=1S/C12H16O/c1-3-6-10(2)12(13)9-11-7-4-5-8-11/h1,11H,2,4-9H2. The van der Waals surface area contributed by atoms with Crippen LogP contribution in [0.5, 0.6) is 0 Å². The van der Waals surface area contributed by atoms with Crippen molar-refractivity contribution in [1.82, 2.24) is 0 Å². The van der Waals surface area contributed by atoms with Gasteiger partial charge in [0.25, 0.3) is 0 Å². The summed E-state index contributed by atoms with van der Waals surface area (Å²) in [6, 6.07) is 0. The Labute approximate surface area is 80.2 Å². The quantitative estimate of drug-likeness (QED) is 0.475. The molecular formula is C12H16O. The van der Waals surface area contributed by atoms with Gasteiger partial charge in [0, 0.05) is 12.8 Å². The maximum atomic E-state index is 11.5. The number of ketones is 1. The Hall–Kier alpha value is -1.03. The molecule has 0 aromatic rings. The molecule has 1 saturated carbocycles. The Morgan fingerprint density at radius 3 is 2.62 bits per heavy atom. The number of Topliss-reactive ketones (excluding diaryl/α,β-unsaturated/α-hetero) is 1. The molecule has 0 unspecified atom stereocenters. The fourth-order valence-corrected chi connectivity index (χ4v) is 1.84. The average Bonchev–Trinajstić information content (AvgIpc) is 2.57. The van der Waals surface area contributed by atoms with Gasteiger partial charge in [-0.3, -0.25) is 4.79 Å². The maximum absolute atomic E-state index is 11.5. The Morgan fingerprint density at radius 1 is 1.46 bits per heavy atom. The van der Waals surface area contributed by atoms with Crippen LogP contribution in [0.25, 0.3) is 0 Å². The smallest absolute Gasteiger partial charge is 0.159 e. The second-order valence-corrected chi connectivity index (χ2v) is 3.76. The zero-order chi connectivity index (χ0) is 9.68. The molecule has 1 nitrogen and oxygen atoms in total. The van der Waals surface area contributed by atoms with Gasteiger partial charge >= 0.3 is 0 Å². The Kier molecular flexibility index (Phi) is 3.76. The van der Waals surface area contributed by atoms with Crippen LogP contribution in [0.15, 0.2) is 12.2 Å². The number of carbonyl (C=O) groups excluding carboxylic acids is 1. The summed E-state index contributed by atoms with van der Waals surface area (Å²) in [4.78, 5) is 11.5. The number of carbonyl (C=O) groups is 1. The predicted molar refractivity (Wildman–Crippen MR) is 54.2 cm³/mol. The fourth-order valence-electron chi connectivity index (χ4n) is 1.84. The van der Waals surface area contributed by atoms with E-state index in [1.807, 2.05) is 0 Å². The van der Waals surface area contributed by atoms with Crippen molar-refractivity contribution in [2.45, 2.75) is 38.5 Å². The van der Waals surface area contributed by atoms with Gasteiger partial charge in [-0.25, -0.2) is 0 Å². The minimum absolute atomic E-state index is 0.171. The first-order valence-corrected chi connectivity index (χ1v) is 4.88. The molecule has 1 aliphatic rings. The second-order valence-electron chi connectivity index (χ2n) is 3.76. The lowest BCUT2D eigenvalue weighted by molar-refractivity contribution is -0.116. The molecule has 0 aromatic carbocycles. The molecule has 70 valence electrons. The number of hydrogen-bond acceptors (Lipinski definition) is 1. The number of terminal acetylenes is 1. The molecule has 0 saturated heterocycles. The molecule has 0 heterocycles. The largest absolute Gasteiger partial charge is 0.295 e. The molecule has 0 aliphatic heterocycles. The molecule has 0 spiro atoms. The van der Waals surface area contributed by atoms with E-state index < -0.39 is 0 Å². The van der Waals surface area contributed by atoms with E-state index in [-0.39, 0.29) is 5.78 Å². The van der Waals surface area contributed by atoms with Crippen LogP contribution >= 0.6 is 0 Å². The van der Waals surface area contributed by atoms with Crippen molar-refractivity contribution < 1.29 is 4.79 Å². The van der Waals surface area contributed by atoms with Crippen LogP contribution in [0.4, 0.5) is 0 Å². The van der Waals surface area contributed by atoms with Gasteiger partial charge in [0.1, 0.15) is 0 Å². The van der Waals surface area contributed by atoms with Crippen molar-refractivity contribution in [3.8, 4) is 12.3 Å². The summed E-state index contributed by atoms with van der Waals surface area (Å²) >= 11 is 0. The van der Waals surface area contributed by atoms with Gasteiger partial charge in [-0.2, -0.15) is 0 Å². The summed E-state index contributed by atoms with van der Waals surface area (Å²) in [5.41, 5.74) is 0.606. The number of rotatable bonds is 4. The summed E-state index contributed by atoms with van der Waals surface area (Å²) in [6.45, 7) is 3.69. The third-order valence-electron chi connectivity index (χ3n) is 2.66. The SMILES string of the molecule is C#CCC(=C)C(=O)CC1CCCC1. The first-order valence-electron chi connectivity index (χ1n) is 4.88. The molecule has 1 aliphatic carbocycles. The first-order chi connectivity index (χ1) is 6.24. The van der Waals surface area contributed by atoms with Crippen molar-refractivity contribution in [2.75, 3.05) is 0 Å². The molecule has 0 atom stereocenters. The van der Waals surface area contributed by atoms with Crippen LogP contribution in [-0.4, -0.2) is 5.78 Å². The van der Waals surface area contributed by atoms with Crippen LogP contribution in [0.1, 0.15) is 38.5 Å². The van der Waals surface area contributed by atoms with E-state index >= 15 is 0 Å². The molecule has 1 rings (SSSR count). The summed E-state index contributed by atoms with van der Waals surface area (Å²) < 4.78 is 0. The molecule has 0 aromatic heterocycles. The highest BCUT2D eigenvalue weighted by atomic mass is 16.1.